The Labute approximate surface area is 183 Å². The maximum absolute atomic E-state index is 4.87. The molecule has 1 aromatic heterocycles. The summed E-state index contributed by atoms with van der Waals surface area (Å²) in [6.07, 6.45) is 4.12. The van der Waals surface area contributed by atoms with Crippen LogP contribution in [0.3, 0.4) is 0 Å². The molecule has 0 spiro atoms. The summed E-state index contributed by atoms with van der Waals surface area (Å²) in [7, 11) is 0. The van der Waals surface area contributed by atoms with Crippen molar-refractivity contribution in [3.8, 4) is 0 Å². The van der Waals surface area contributed by atoms with Crippen LogP contribution in [-0.2, 0) is 10.8 Å². The van der Waals surface area contributed by atoms with Gasteiger partial charge in [0.15, 0.2) is 0 Å². The molecule has 0 amide bonds. The normalized spacial score (nSPS) is 12.7. The first-order valence-electron chi connectivity index (χ1n) is 11.4. The quantitative estimate of drug-likeness (QED) is 0.466. The highest BCUT2D eigenvalue weighted by atomic mass is 15.2. The molecule has 0 fully saturated rings. The predicted octanol–water partition coefficient (Wildman–Crippen LogP) is 6.98. The van der Waals surface area contributed by atoms with Crippen LogP contribution in [0, 0.1) is 0 Å². The van der Waals surface area contributed by atoms with Crippen molar-refractivity contribution in [2.75, 3.05) is 10.6 Å². The number of aromatic nitrogens is 3. The molecule has 166 valence electrons. The first-order chi connectivity index (χ1) is 14.0. The van der Waals surface area contributed by atoms with E-state index in [2.05, 4.69) is 97.2 Å². The van der Waals surface area contributed by atoms with Crippen LogP contribution >= 0.6 is 0 Å². The molecule has 0 aliphatic rings. The maximum atomic E-state index is 4.87. The molecule has 0 bridgehead atoms. The first-order valence-corrected chi connectivity index (χ1v) is 11.4. The zero-order valence-corrected chi connectivity index (χ0v) is 20.5. The first kappa shape index (κ1) is 24.1. The van der Waals surface area contributed by atoms with E-state index in [1.807, 2.05) is 0 Å². The molecule has 5 nitrogen and oxygen atoms in total. The van der Waals surface area contributed by atoms with Crippen molar-refractivity contribution in [2.45, 2.75) is 104 Å². The lowest BCUT2D eigenvalue weighted by Crippen LogP contribution is -2.32. The van der Waals surface area contributed by atoms with Crippen LogP contribution in [0.5, 0.6) is 0 Å². The summed E-state index contributed by atoms with van der Waals surface area (Å²) in [5, 5.41) is 7.11. The molecule has 30 heavy (non-hydrogen) atoms. The molecule has 2 N–H and O–H groups in total. The van der Waals surface area contributed by atoms with Gasteiger partial charge in [0, 0.05) is 27.7 Å². The van der Waals surface area contributed by atoms with Crippen molar-refractivity contribution in [3.05, 3.63) is 35.9 Å². The molecule has 2 aromatic rings. The van der Waals surface area contributed by atoms with Gasteiger partial charge in [-0.1, -0.05) is 61.5 Å². The van der Waals surface area contributed by atoms with E-state index in [0.717, 1.165) is 48.7 Å². The minimum atomic E-state index is -0.149. The van der Waals surface area contributed by atoms with Crippen molar-refractivity contribution in [1.82, 2.24) is 15.0 Å². The number of rotatable bonds is 9. The van der Waals surface area contributed by atoms with Gasteiger partial charge in [-0.05, 0) is 50.8 Å². The lowest BCUT2D eigenvalue weighted by molar-refractivity contribution is 0.402. The van der Waals surface area contributed by atoms with Crippen LogP contribution in [0.15, 0.2) is 24.3 Å². The van der Waals surface area contributed by atoms with Gasteiger partial charge in [-0.15, -0.1) is 0 Å². The zero-order chi connectivity index (χ0) is 22.6. The summed E-state index contributed by atoms with van der Waals surface area (Å²) in [4.78, 5) is 14.5. The number of nitrogens with one attached hydrogen (secondary N) is 2. The highest BCUT2D eigenvalue weighted by Gasteiger charge is 2.29. The third kappa shape index (κ3) is 5.71. The van der Waals surface area contributed by atoms with Gasteiger partial charge in [0.2, 0.25) is 5.95 Å². The Morgan fingerprint density at radius 2 is 1.30 bits per heavy atom. The Bertz CT molecular complexity index is 830. The molecule has 2 rings (SSSR count). The fourth-order valence-electron chi connectivity index (χ4n) is 3.18. The Morgan fingerprint density at radius 3 is 1.83 bits per heavy atom. The van der Waals surface area contributed by atoms with Gasteiger partial charge in [-0.3, -0.25) is 0 Å². The van der Waals surface area contributed by atoms with Crippen LogP contribution in [0.1, 0.15) is 99.6 Å². The van der Waals surface area contributed by atoms with Crippen molar-refractivity contribution in [1.29, 1.82) is 0 Å². The molecule has 0 atom stereocenters. The second-order valence-electron chi connectivity index (χ2n) is 9.92. The summed E-state index contributed by atoms with van der Waals surface area (Å²) in [5.74, 6) is 2.31. The summed E-state index contributed by atoms with van der Waals surface area (Å²) < 4.78 is 0. The molecule has 0 aliphatic heterocycles. The van der Waals surface area contributed by atoms with Crippen LogP contribution < -0.4 is 10.6 Å². The van der Waals surface area contributed by atoms with Gasteiger partial charge in [-0.2, -0.15) is 9.97 Å². The van der Waals surface area contributed by atoms with Crippen LogP contribution in [0.4, 0.5) is 17.3 Å². The minimum absolute atomic E-state index is 0.0627. The molecule has 5 heteroatoms. The smallest absolute Gasteiger partial charge is 0.230 e. The van der Waals surface area contributed by atoms with E-state index in [0.29, 0.717) is 5.95 Å². The molecular formula is C25H41N5. The summed E-state index contributed by atoms with van der Waals surface area (Å²) in [6, 6.07) is 8.35. The molecular weight excluding hydrogens is 370 g/mol. The standard InChI is InChI=1S/C25H41N5/c1-10-24(8,11-2)21-27-20(23(5,6)7)28-22(29-21)26-18-15-14-16-19(17-18)30-25(9,12-3)13-4/h14-17,30H,10-13H2,1-9H3,(H,26,27,28,29). The molecule has 0 saturated carbocycles. The van der Waals surface area contributed by atoms with E-state index in [4.69, 9.17) is 15.0 Å². The summed E-state index contributed by atoms with van der Waals surface area (Å²) in [6.45, 7) is 19.8. The topological polar surface area (TPSA) is 62.7 Å². The largest absolute Gasteiger partial charge is 0.380 e. The van der Waals surface area contributed by atoms with Gasteiger partial charge in [0.1, 0.15) is 11.6 Å². The van der Waals surface area contributed by atoms with E-state index in [9.17, 15) is 0 Å². The van der Waals surface area contributed by atoms with Crippen LogP contribution in [-0.4, -0.2) is 20.5 Å². The van der Waals surface area contributed by atoms with E-state index in [-0.39, 0.29) is 16.4 Å². The number of hydrogen-bond donors (Lipinski definition) is 2. The van der Waals surface area contributed by atoms with Gasteiger partial charge in [0.25, 0.3) is 0 Å². The molecule has 0 saturated heterocycles. The van der Waals surface area contributed by atoms with Gasteiger partial charge in [-0.25, -0.2) is 4.98 Å². The van der Waals surface area contributed by atoms with E-state index in [1.165, 1.54) is 0 Å². The Kier molecular flexibility index (Phi) is 7.49. The molecule has 0 aliphatic carbocycles. The molecule has 1 aromatic carbocycles. The van der Waals surface area contributed by atoms with Gasteiger partial charge in [0.05, 0.1) is 0 Å². The van der Waals surface area contributed by atoms with Crippen LogP contribution in [0.2, 0.25) is 0 Å². The van der Waals surface area contributed by atoms with Gasteiger partial charge >= 0.3 is 0 Å². The van der Waals surface area contributed by atoms with E-state index < -0.39 is 0 Å². The maximum Gasteiger partial charge on any atom is 0.230 e. The SMILES string of the molecule is CCC(C)(CC)Nc1cccc(Nc2nc(C(C)(C)C)nc(C(C)(CC)CC)n2)c1. The average Bonchev–Trinajstić information content (AvgIpc) is 2.72. The third-order valence-electron chi connectivity index (χ3n) is 6.53. The van der Waals surface area contributed by atoms with Gasteiger partial charge < -0.3 is 10.6 Å². The molecule has 0 unspecified atom stereocenters. The fourth-order valence-corrected chi connectivity index (χ4v) is 3.18. The minimum Gasteiger partial charge on any atom is -0.380 e. The monoisotopic (exact) mass is 411 g/mol. The van der Waals surface area contributed by atoms with Crippen molar-refractivity contribution in [3.63, 3.8) is 0 Å². The second kappa shape index (κ2) is 9.32. The van der Waals surface area contributed by atoms with E-state index in [1.54, 1.807) is 0 Å². The number of hydrogen-bond acceptors (Lipinski definition) is 5. The Morgan fingerprint density at radius 1 is 0.733 bits per heavy atom. The van der Waals surface area contributed by atoms with Crippen molar-refractivity contribution in [2.24, 2.45) is 0 Å². The summed E-state index contributed by atoms with van der Waals surface area (Å²) >= 11 is 0. The Balaban J connectivity index is 2.42. The summed E-state index contributed by atoms with van der Waals surface area (Å²) in [5.41, 5.74) is 1.95. The zero-order valence-electron chi connectivity index (χ0n) is 20.5. The molecule has 0 radical (unpaired) electrons. The van der Waals surface area contributed by atoms with Crippen molar-refractivity contribution < 1.29 is 0 Å². The number of benzene rings is 1. The highest BCUT2D eigenvalue weighted by molar-refractivity contribution is 5.61. The fraction of sp³-hybridized carbons (Fsp3) is 0.640. The average molecular weight is 412 g/mol. The number of nitrogens with zero attached hydrogens (tertiary/aromatic N) is 3. The lowest BCUT2D eigenvalue weighted by Gasteiger charge is -2.30. The number of anilines is 3. The Hall–Kier alpha value is -2.17. The van der Waals surface area contributed by atoms with Crippen molar-refractivity contribution >= 4 is 17.3 Å². The third-order valence-corrected chi connectivity index (χ3v) is 6.53. The molecule has 1 heterocycles. The van der Waals surface area contributed by atoms with E-state index >= 15 is 0 Å². The highest BCUT2D eigenvalue weighted by Crippen LogP contribution is 2.31. The predicted molar refractivity (Wildman–Crippen MR) is 129 cm³/mol. The van der Waals surface area contributed by atoms with Crippen LogP contribution in [0.25, 0.3) is 0 Å². The second-order valence-corrected chi connectivity index (χ2v) is 9.92. The lowest BCUT2D eigenvalue weighted by atomic mass is 9.83.